The Balaban J connectivity index is 1.64. The maximum Gasteiger partial charge on any atom is 0.163 e. The number of morpholine rings is 1. The van der Waals surface area contributed by atoms with Crippen LogP contribution in [0.1, 0.15) is 24.3 Å². The van der Waals surface area contributed by atoms with Gasteiger partial charge in [0.2, 0.25) is 0 Å². The Morgan fingerprint density at radius 1 is 1.26 bits per heavy atom. The second-order valence-corrected chi connectivity index (χ2v) is 8.12. The standard InChI is InChI=1S/C20H21N5OS/c1-12-9-25(10-13(2)26-12)11-16-7-17-18(22)23-19(24-20(17)27-16)15-5-3-4-14(6-15)8-21/h3-7,12-13H,9-11H2,1-2H3,(H2,22,23,24)/t12-,13+. The molecule has 138 valence electrons. The Bertz CT molecular complexity index is 1010. The number of thiophene rings is 1. The molecule has 0 aliphatic carbocycles. The first kappa shape index (κ1) is 17.9. The van der Waals surface area contributed by atoms with Crippen molar-refractivity contribution < 1.29 is 4.74 Å². The van der Waals surface area contributed by atoms with E-state index in [9.17, 15) is 0 Å². The van der Waals surface area contributed by atoms with Crippen LogP contribution >= 0.6 is 11.3 Å². The minimum Gasteiger partial charge on any atom is -0.383 e. The van der Waals surface area contributed by atoms with Crippen LogP contribution in [0.5, 0.6) is 0 Å². The predicted molar refractivity (Wildman–Crippen MR) is 107 cm³/mol. The largest absolute Gasteiger partial charge is 0.383 e. The van der Waals surface area contributed by atoms with Crippen LogP contribution < -0.4 is 5.73 Å². The molecule has 7 heteroatoms. The molecule has 1 fully saturated rings. The molecule has 0 spiro atoms. The molecule has 2 aromatic heterocycles. The number of hydrogen-bond donors (Lipinski definition) is 1. The molecule has 1 aliphatic heterocycles. The van der Waals surface area contributed by atoms with Crippen molar-refractivity contribution >= 4 is 27.4 Å². The van der Waals surface area contributed by atoms with Crippen molar-refractivity contribution in [2.45, 2.75) is 32.6 Å². The van der Waals surface area contributed by atoms with Gasteiger partial charge in [0.25, 0.3) is 0 Å². The van der Waals surface area contributed by atoms with Crippen molar-refractivity contribution in [1.82, 2.24) is 14.9 Å². The first-order chi connectivity index (χ1) is 13.0. The molecule has 4 rings (SSSR count). The molecule has 6 nitrogen and oxygen atoms in total. The number of hydrogen-bond acceptors (Lipinski definition) is 7. The smallest absolute Gasteiger partial charge is 0.163 e. The van der Waals surface area contributed by atoms with Crippen LogP contribution in [0.3, 0.4) is 0 Å². The second-order valence-electron chi connectivity index (χ2n) is 7.01. The Morgan fingerprint density at radius 2 is 2.04 bits per heavy atom. The third kappa shape index (κ3) is 3.78. The summed E-state index contributed by atoms with van der Waals surface area (Å²) in [5, 5.41) is 10.00. The third-order valence-electron chi connectivity index (χ3n) is 4.60. The highest BCUT2D eigenvalue weighted by Crippen LogP contribution is 2.31. The third-order valence-corrected chi connectivity index (χ3v) is 5.61. The molecule has 0 amide bonds. The average Bonchev–Trinajstić information content (AvgIpc) is 3.04. The summed E-state index contributed by atoms with van der Waals surface area (Å²) in [7, 11) is 0. The molecule has 2 N–H and O–H groups in total. The highest BCUT2D eigenvalue weighted by atomic mass is 32.1. The van der Waals surface area contributed by atoms with E-state index in [1.54, 1.807) is 23.5 Å². The lowest BCUT2D eigenvalue weighted by Crippen LogP contribution is -2.44. The number of anilines is 1. The predicted octanol–water partition coefficient (Wildman–Crippen LogP) is 3.42. The monoisotopic (exact) mass is 379 g/mol. The van der Waals surface area contributed by atoms with E-state index < -0.39 is 0 Å². The van der Waals surface area contributed by atoms with Gasteiger partial charge < -0.3 is 10.5 Å². The molecule has 27 heavy (non-hydrogen) atoms. The Labute approximate surface area is 162 Å². The van der Waals surface area contributed by atoms with Gasteiger partial charge in [-0.25, -0.2) is 9.97 Å². The zero-order valence-electron chi connectivity index (χ0n) is 15.3. The van der Waals surface area contributed by atoms with E-state index in [2.05, 4.69) is 35.9 Å². The van der Waals surface area contributed by atoms with E-state index in [0.29, 0.717) is 17.2 Å². The summed E-state index contributed by atoms with van der Waals surface area (Å²) < 4.78 is 5.81. The summed E-state index contributed by atoms with van der Waals surface area (Å²) >= 11 is 1.65. The van der Waals surface area contributed by atoms with Gasteiger partial charge in [0, 0.05) is 30.1 Å². The molecule has 2 atom stereocenters. The van der Waals surface area contributed by atoms with E-state index >= 15 is 0 Å². The molecule has 0 bridgehead atoms. The molecule has 1 aliphatic rings. The van der Waals surface area contributed by atoms with Crippen molar-refractivity contribution in [3.8, 4) is 17.5 Å². The van der Waals surface area contributed by atoms with Gasteiger partial charge in [0.05, 0.1) is 29.2 Å². The molecule has 0 saturated carbocycles. The first-order valence-corrected chi connectivity index (χ1v) is 9.78. The number of nitrogens with two attached hydrogens (primary N) is 1. The van der Waals surface area contributed by atoms with Crippen LogP contribution in [-0.4, -0.2) is 40.2 Å². The Morgan fingerprint density at radius 3 is 2.78 bits per heavy atom. The Kier molecular flexibility index (Phi) is 4.79. The summed E-state index contributed by atoms with van der Waals surface area (Å²) in [4.78, 5) is 13.7. The van der Waals surface area contributed by atoms with Crippen LogP contribution in [-0.2, 0) is 11.3 Å². The number of nitrogens with zero attached hydrogens (tertiary/aromatic N) is 4. The molecule has 0 unspecified atom stereocenters. The lowest BCUT2D eigenvalue weighted by molar-refractivity contribution is -0.0702. The van der Waals surface area contributed by atoms with Gasteiger partial charge in [-0.2, -0.15) is 5.26 Å². The normalized spacial score (nSPS) is 20.6. The van der Waals surface area contributed by atoms with Gasteiger partial charge >= 0.3 is 0 Å². The quantitative estimate of drug-likeness (QED) is 0.750. The molecule has 3 heterocycles. The highest BCUT2D eigenvalue weighted by molar-refractivity contribution is 7.18. The molecule has 0 radical (unpaired) electrons. The zero-order chi connectivity index (χ0) is 19.0. The minimum atomic E-state index is 0.243. The van der Waals surface area contributed by atoms with Crippen molar-refractivity contribution in [2.75, 3.05) is 18.8 Å². The lowest BCUT2D eigenvalue weighted by Gasteiger charge is -2.34. The number of nitriles is 1. The minimum absolute atomic E-state index is 0.243. The Hall–Kier alpha value is -2.53. The van der Waals surface area contributed by atoms with Crippen molar-refractivity contribution in [1.29, 1.82) is 5.26 Å². The van der Waals surface area contributed by atoms with Crippen LogP contribution in [0.4, 0.5) is 5.82 Å². The topological polar surface area (TPSA) is 88.1 Å². The lowest BCUT2D eigenvalue weighted by atomic mass is 10.1. The van der Waals surface area contributed by atoms with Crippen LogP contribution in [0.2, 0.25) is 0 Å². The summed E-state index contributed by atoms with van der Waals surface area (Å²) in [6.07, 6.45) is 0.485. The number of nitrogen functional groups attached to an aromatic ring is 1. The van der Waals surface area contributed by atoms with Gasteiger partial charge in [0.15, 0.2) is 5.82 Å². The number of ether oxygens (including phenoxy) is 1. The first-order valence-electron chi connectivity index (χ1n) is 8.96. The number of rotatable bonds is 3. The van der Waals surface area contributed by atoms with Gasteiger partial charge in [-0.1, -0.05) is 12.1 Å². The van der Waals surface area contributed by atoms with Crippen molar-refractivity contribution in [3.05, 3.63) is 40.8 Å². The second kappa shape index (κ2) is 7.24. The molecular formula is C20H21N5OS. The van der Waals surface area contributed by atoms with Gasteiger partial charge in [-0.05, 0) is 32.0 Å². The van der Waals surface area contributed by atoms with E-state index in [0.717, 1.165) is 35.4 Å². The van der Waals surface area contributed by atoms with Crippen molar-refractivity contribution in [3.63, 3.8) is 0 Å². The highest BCUT2D eigenvalue weighted by Gasteiger charge is 2.23. The summed E-state index contributed by atoms with van der Waals surface area (Å²) in [6, 6.07) is 11.5. The fourth-order valence-corrected chi connectivity index (χ4v) is 4.64. The van der Waals surface area contributed by atoms with Crippen LogP contribution in [0.15, 0.2) is 30.3 Å². The van der Waals surface area contributed by atoms with Gasteiger partial charge in [-0.15, -0.1) is 11.3 Å². The van der Waals surface area contributed by atoms with Gasteiger partial charge in [0.1, 0.15) is 10.6 Å². The number of benzene rings is 1. The van der Waals surface area contributed by atoms with E-state index in [1.165, 1.54) is 4.88 Å². The maximum atomic E-state index is 9.10. The number of aromatic nitrogens is 2. The summed E-state index contributed by atoms with van der Waals surface area (Å²) in [5.74, 6) is 1.03. The fraction of sp³-hybridized carbons (Fsp3) is 0.350. The zero-order valence-corrected chi connectivity index (χ0v) is 16.2. The van der Waals surface area contributed by atoms with Gasteiger partial charge in [-0.3, -0.25) is 4.90 Å². The van der Waals surface area contributed by atoms with E-state index in [1.807, 2.05) is 12.1 Å². The maximum absolute atomic E-state index is 9.10. The number of fused-ring (bicyclic) bond motifs is 1. The molecule has 1 saturated heterocycles. The van der Waals surface area contributed by atoms with E-state index in [4.69, 9.17) is 20.7 Å². The molecular weight excluding hydrogens is 358 g/mol. The molecule has 1 aromatic carbocycles. The molecule has 3 aromatic rings. The van der Waals surface area contributed by atoms with Crippen LogP contribution in [0, 0.1) is 11.3 Å². The van der Waals surface area contributed by atoms with E-state index in [-0.39, 0.29) is 12.2 Å². The van der Waals surface area contributed by atoms with Crippen molar-refractivity contribution in [2.24, 2.45) is 0 Å². The van der Waals surface area contributed by atoms with Crippen LogP contribution in [0.25, 0.3) is 21.6 Å². The fourth-order valence-electron chi connectivity index (χ4n) is 3.56. The summed E-state index contributed by atoms with van der Waals surface area (Å²) in [6.45, 7) is 6.92. The SMILES string of the molecule is C[C@@H]1CN(Cc2cc3c(N)nc(-c4cccc(C#N)c4)nc3s2)C[C@H](C)O1. The average molecular weight is 379 g/mol. The summed E-state index contributed by atoms with van der Waals surface area (Å²) in [5.41, 5.74) is 7.59.